The standard InChI is InChI=1S/C33H56ClI2N7O2/c1-3-11-27(25-13-21-42(22-14-25)44-32(35)17-7-5-8-18-32)37-30-39-29(34)40-31(41-30)38-28(12-4-2)26-15-23-43(24-16-26)45-33(36)19-9-6-10-20-33/h25-28H,3-24H2,1-2H3,(H2,37,38,39,40,41). The van der Waals surface area contributed by atoms with E-state index in [2.05, 4.69) is 89.8 Å². The fourth-order valence-corrected chi connectivity index (χ4v) is 10.1. The third-order valence-corrected chi connectivity index (χ3v) is 13.1. The molecule has 2 saturated carbocycles. The van der Waals surface area contributed by atoms with Crippen molar-refractivity contribution < 1.29 is 9.68 Å². The summed E-state index contributed by atoms with van der Waals surface area (Å²) in [6.45, 7) is 8.41. The van der Waals surface area contributed by atoms with Gasteiger partial charge in [-0.3, -0.25) is 9.68 Å². The number of piperidine rings is 2. The van der Waals surface area contributed by atoms with Crippen molar-refractivity contribution in [2.24, 2.45) is 11.8 Å². The minimum Gasteiger partial charge on any atom is -0.351 e. The molecule has 5 rings (SSSR count). The molecule has 2 aliphatic carbocycles. The van der Waals surface area contributed by atoms with Crippen LogP contribution in [0.25, 0.3) is 0 Å². The number of aromatic nitrogens is 3. The second-order valence-electron chi connectivity index (χ2n) is 13.9. The second-order valence-corrected chi connectivity index (χ2v) is 18.2. The lowest BCUT2D eigenvalue weighted by atomic mass is 9.87. The molecule has 2 unspecified atom stereocenters. The van der Waals surface area contributed by atoms with Crippen LogP contribution in [0.15, 0.2) is 0 Å². The van der Waals surface area contributed by atoms with Crippen LogP contribution in [0.5, 0.6) is 0 Å². The SMILES string of the molecule is CCCC(Nc1nc(Cl)nc(NC(CCC)C2CCN(OC3(I)CCCCC3)CC2)n1)C1CCN(OC2(I)CCCCC2)CC1. The number of nitrogens with one attached hydrogen (secondary N) is 2. The lowest BCUT2D eigenvalue weighted by Crippen LogP contribution is -2.45. The Morgan fingerprint density at radius 3 is 1.42 bits per heavy atom. The van der Waals surface area contributed by atoms with E-state index in [1.54, 1.807) is 0 Å². The minimum atomic E-state index is -0.0116. The van der Waals surface area contributed by atoms with Gasteiger partial charge in [-0.2, -0.15) is 25.1 Å². The Morgan fingerprint density at radius 1 is 0.689 bits per heavy atom. The molecule has 1 aromatic heterocycles. The number of anilines is 2. The third-order valence-electron chi connectivity index (χ3n) is 10.4. The topological polar surface area (TPSA) is 87.7 Å². The first-order valence-electron chi connectivity index (χ1n) is 18.0. The number of hydrogen-bond donors (Lipinski definition) is 2. The lowest BCUT2D eigenvalue weighted by Gasteiger charge is -2.41. The molecule has 0 spiro atoms. The first kappa shape index (κ1) is 36.5. The number of hydrogen-bond acceptors (Lipinski definition) is 9. The van der Waals surface area contributed by atoms with Crippen molar-refractivity contribution in [3.05, 3.63) is 5.28 Å². The molecule has 4 aliphatic rings. The van der Waals surface area contributed by atoms with Gasteiger partial charge in [0.15, 0.2) is 0 Å². The van der Waals surface area contributed by atoms with E-state index in [9.17, 15) is 0 Å². The smallest absolute Gasteiger partial charge is 0.229 e. The van der Waals surface area contributed by atoms with E-state index < -0.39 is 0 Å². The Labute approximate surface area is 304 Å². The fraction of sp³-hybridized carbons (Fsp3) is 0.909. The molecule has 0 bridgehead atoms. The van der Waals surface area contributed by atoms with Crippen molar-refractivity contribution in [2.45, 2.75) is 149 Å². The van der Waals surface area contributed by atoms with E-state index in [0.717, 1.165) is 103 Å². The largest absolute Gasteiger partial charge is 0.351 e. The summed E-state index contributed by atoms with van der Waals surface area (Å²) in [6.07, 6.45) is 21.2. The van der Waals surface area contributed by atoms with Crippen LogP contribution in [0.2, 0.25) is 5.28 Å². The van der Waals surface area contributed by atoms with Crippen LogP contribution in [0.3, 0.4) is 0 Å². The van der Waals surface area contributed by atoms with Crippen LogP contribution in [0.4, 0.5) is 11.9 Å². The molecule has 4 fully saturated rings. The number of nitrogens with zero attached hydrogens (tertiary/aromatic N) is 5. The maximum Gasteiger partial charge on any atom is 0.229 e. The highest BCUT2D eigenvalue weighted by molar-refractivity contribution is 14.1. The maximum absolute atomic E-state index is 6.54. The van der Waals surface area contributed by atoms with E-state index in [1.807, 2.05) is 0 Å². The first-order chi connectivity index (χ1) is 21.8. The van der Waals surface area contributed by atoms with Crippen molar-refractivity contribution in [1.29, 1.82) is 0 Å². The second kappa shape index (κ2) is 17.7. The molecule has 2 N–H and O–H groups in total. The molecule has 256 valence electrons. The van der Waals surface area contributed by atoms with Gasteiger partial charge >= 0.3 is 0 Å². The summed E-state index contributed by atoms with van der Waals surface area (Å²) in [6, 6.07) is 0.598. The van der Waals surface area contributed by atoms with E-state index in [4.69, 9.17) is 26.3 Å². The van der Waals surface area contributed by atoms with Crippen LogP contribution in [-0.2, 0) is 9.68 Å². The fourth-order valence-electron chi connectivity index (χ4n) is 7.83. The molecule has 9 nitrogen and oxygen atoms in total. The Bertz CT molecular complexity index is 954. The van der Waals surface area contributed by atoms with Gasteiger partial charge in [-0.25, -0.2) is 0 Å². The molecule has 0 aromatic carbocycles. The highest BCUT2D eigenvalue weighted by atomic mass is 127. The van der Waals surface area contributed by atoms with E-state index >= 15 is 0 Å². The lowest BCUT2D eigenvalue weighted by molar-refractivity contribution is -0.224. The summed E-state index contributed by atoms with van der Waals surface area (Å²) in [4.78, 5) is 27.0. The number of alkyl halides is 2. The summed E-state index contributed by atoms with van der Waals surface area (Å²) >= 11 is 11.6. The van der Waals surface area contributed by atoms with Gasteiger partial charge in [0.1, 0.15) is 7.22 Å². The predicted octanol–water partition coefficient (Wildman–Crippen LogP) is 9.16. The van der Waals surface area contributed by atoms with Gasteiger partial charge < -0.3 is 10.6 Å². The number of rotatable bonds is 14. The Balaban J connectivity index is 1.15. The van der Waals surface area contributed by atoms with Crippen molar-refractivity contribution in [1.82, 2.24) is 25.1 Å². The number of hydroxylamine groups is 4. The molecule has 0 radical (unpaired) electrons. The molecule has 3 heterocycles. The van der Waals surface area contributed by atoms with Crippen molar-refractivity contribution >= 4 is 68.7 Å². The molecular weight excluding hydrogens is 816 g/mol. The highest BCUT2D eigenvalue weighted by Gasteiger charge is 2.37. The Morgan fingerprint density at radius 2 is 1.07 bits per heavy atom. The molecule has 1 aromatic rings. The van der Waals surface area contributed by atoms with Gasteiger partial charge in [-0.15, -0.1) is 0 Å². The van der Waals surface area contributed by atoms with Crippen LogP contribution >= 0.6 is 56.8 Å². The average molecular weight is 872 g/mol. The highest BCUT2D eigenvalue weighted by Crippen LogP contribution is 2.40. The van der Waals surface area contributed by atoms with Crippen molar-refractivity contribution in [2.75, 3.05) is 36.8 Å². The van der Waals surface area contributed by atoms with Crippen molar-refractivity contribution in [3.63, 3.8) is 0 Å². The summed E-state index contributed by atoms with van der Waals surface area (Å²) in [5.74, 6) is 2.26. The summed E-state index contributed by atoms with van der Waals surface area (Å²) in [7, 11) is 0. The van der Waals surface area contributed by atoms with Gasteiger partial charge in [0.2, 0.25) is 17.2 Å². The summed E-state index contributed by atoms with van der Waals surface area (Å²) < 4.78 is -0.0231. The molecule has 2 saturated heterocycles. The molecule has 45 heavy (non-hydrogen) atoms. The van der Waals surface area contributed by atoms with Crippen LogP contribution in [-0.4, -0.2) is 70.6 Å². The Hall–Kier alpha value is 0.200. The van der Waals surface area contributed by atoms with E-state index in [-0.39, 0.29) is 12.5 Å². The third kappa shape index (κ3) is 11.1. The zero-order valence-corrected chi connectivity index (χ0v) is 32.6. The first-order valence-corrected chi connectivity index (χ1v) is 20.5. The zero-order valence-electron chi connectivity index (χ0n) is 27.6. The van der Waals surface area contributed by atoms with Gasteiger partial charge in [0.05, 0.1) is 0 Å². The molecule has 2 atom stereocenters. The van der Waals surface area contributed by atoms with Crippen LogP contribution in [0.1, 0.15) is 129 Å². The quantitative estimate of drug-likeness (QED) is 0.141. The Kier molecular flexibility index (Phi) is 14.4. The van der Waals surface area contributed by atoms with Gasteiger partial charge in [0, 0.05) is 38.3 Å². The predicted molar refractivity (Wildman–Crippen MR) is 200 cm³/mol. The monoisotopic (exact) mass is 871 g/mol. The van der Waals surface area contributed by atoms with Gasteiger partial charge in [-0.05, 0) is 159 Å². The normalized spacial score (nSPS) is 25.1. The zero-order chi connectivity index (χ0) is 31.7. The van der Waals surface area contributed by atoms with Gasteiger partial charge in [-0.1, -0.05) is 39.5 Å². The average Bonchev–Trinajstić information content (AvgIpc) is 3.02. The molecule has 2 aliphatic heterocycles. The minimum absolute atomic E-state index is 0.0116. The molecule has 0 amide bonds. The van der Waals surface area contributed by atoms with E-state index in [1.165, 1.54) is 38.5 Å². The molecule has 12 heteroatoms. The van der Waals surface area contributed by atoms with Crippen LogP contribution < -0.4 is 10.6 Å². The van der Waals surface area contributed by atoms with Gasteiger partial charge in [0.25, 0.3) is 0 Å². The van der Waals surface area contributed by atoms with Crippen molar-refractivity contribution in [3.8, 4) is 0 Å². The maximum atomic E-state index is 6.54. The van der Waals surface area contributed by atoms with Crippen LogP contribution in [0, 0.1) is 11.8 Å². The number of halogens is 3. The van der Waals surface area contributed by atoms with E-state index in [0.29, 0.717) is 35.8 Å². The summed E-state index contributed by atoms with van der Waals surface area (Å²) in [5, 5.41) is 12.1. The molecular formula is C33H56ClI2N7O2. The summed E-state index contributed by atoms with van der Waals surface area (Å²) in [5.41, 5.74) is 0.